The lowest BCUT2D eigenvalue weighted by atomic mass is 10.0. The summed E-state index contributed by atoms with van der Waals surface area (Å²) in [4.78, 5) is 16.8. The molecule has 1 aliphatic carbocycles. The van der Waals surface area contributed by atoms with E-state index < -0.39 is 0 Å². The van der Waals surface area contributed by atoms with Crippen molar-refractivity contribution in [2.24, 2.45) is 7.05 Å². The molecule has 0 spiro atoms. The van der Waals surface area contributed by atoms with Crippen LogP contribution in [-0.4, -0.2) is 37.3 Å². The van der Waals surface area contributed by atoms with Gasteiger partial charge in [-0.05, 0) is 36.1 Å². The molecule has 1 saturated heterocycles. The van der Waals surface area contributed by atoms with Crippen LogP contribution in [0.3, 0.4) is 0 Å². The van der Waals surface area contributed by atoms with Gasteiger partial charge in [-0.25, -0.2) is 0 Å². The van der Waals surface area contributed by atoms with Gasteiger partial charge >= 0.3 is 0 Å². The number of hydrogen-bond donors (Lipinski definition) is 1. The Bertz CT molecular complexity index is 1590. The first-order chi connectivity index (χ1) is 17.1. The summed E-state index contributed by atoms with van der Waals surface area (Å²) in [5, 5.41) is 13.5. The van der Waals surface area contributed by atoms with Crippen molar-refractivity contribution >= 4 is 28.1 Å². The van der Waals surface area contributed by atoms with E-state index in [1.807, 2.05) is 34.2 Å². The average molecular weight is 480 g/mol. The number of H-pyrrole nitrogens is 1. The predicted molar refractivity (Wildman–Crippen MR) is 139 cm³/mol. The zero-order valence-electron chi connectivity index (χ0n) is 19.5. The monoisotopic (exact) mass is 479 g/mol. The van der Waals surface area contributed by atoms with Crippen molar-refractivity contribution in [1.82, 2.24) is 24.9 Å². The Balaban J connectivity index is 1.15. The second kappa shape index (κ2) is 7.92. The van der Waals surface area contributed by atoms with Crippen molar-refractivity contribution < 1.29 is 4.79 Å². The summed E-state index contributed by atoms with van der Waals surface area (Å²) < 4.78 is 1.91. The van der Waals surface area contributed by atoms with Crippen LogP contribution in [0.15, 0.2) is 54.7 Å². The molecule has 35 heavy (non-hydrogen) atoms. The van der Waals surface area contributed by atoms with Crippen LogP contribution in [0, 0.1) is 0 Å². The molecule has 1 aliphatic heterocycles. The van der Waals surface area contributed by atoms with Gasteiger partial charge in [-0.1, -0.05) is 36.4 Å². The largest absolute Gasteiger partial charge is 0.338 e. The molecule has 2 aliphatic rings. The molecule has 0 bridgehead atoms. The molecule has 3 aromatic heterocycles. The molecule has 1 amide bonds. The fourth-order valence-corrected chi connectivity index (χ4v) is 6.57. The first-order valence-corrected chi connectivity index (χ1v) is 13.0. The second-order valence-corrected chi connectivity index (χ2v) is 10.7. The van der Waals surface area contributed by atoms with Gasteiger partial charge in [0.05, 0.1) is 23.1 Å². The molecule has 6 nitrogen and oxygen atoms in total. The van der Waals surface area contributed by atoms with Gasteiger partial charge in [0.25, 0.3) is 0 Å². The molecule has 7 rings (SSSR count). The molecule has 5 aromatic rings. The van der Waals surface area contributed by atoms with Gasteiger partial charge in [0.2, 0.25) is 5.91 Å². The third-order valence-electron chi connectivity index (χ3n) is 7.34. The maximum atomic E-state index is 12.1. The highest BCUT2D eigenvalue weighted by molar-refractivity contribution is 7.16. The molecular formula is C28H25N5OS. The summed E-state index contributed by atoms with van der Waals surface area (Å²) in [7, 11) is 1.97. The van der Waals surface area contributed by atoms with Gasteiger partial charge in [-0.2, -0.15) is 10.2 Å². The molecule has 0 radical (unpaired) electrons. The molecule has 1 fully saturated rings. The number of piperidine rings is 1. The Hall–Kier alpha value is -3.71. The van der Waals surface area contributed by atoms with Gasteiger partial charge in [-0.15, -0.1) is 11.3 Å². The van der Waals surface area contributed by atoms with E-state index in [4.69, 9.17) is 5.10 Å². The van der Waals surface area contributed by atoms with E-state index in [0.717, 1.165) is 53.7 Å². The van der Waals surface area contributed by atoms with Crippen LogP contribution in [0.25, 0.3) is 43.9 Å². The predicted octanol–water partition coefficient (Wildman–Crippen LogP) is 5.78. The fraction of sp³-hybridized carbons (Fsp3) is 0.250. The van der Waals surface area contributed by atoms with Gasteiger partial charge in [0, 0.05) is 64.8 Å². The van der Waals surface area contributed by atoms with Gasteiger partial charge in [-0.3, -0.25) is 14.6 Å². The molecule has 0 saturated carbocycles. The summed E-state index contributed by atoms with van der Waals surface area (Å²) >= 11 is 1.86. The third-order valence-corrected chi connectivity index (χ3v) is 8.52. The Kier molecular flexibility index (Phi) is 4.67. The van der Waals surface area contributed by atoms with Crippen LogP contribution >= 0.6 is 11.3 Å². The zero-order chi connectivity index (χ0) is 23.5. The summed E-state index contributed by atoms with van der Waals surface area (Å²) in [5.74, 6) is 0.282. The summed E-state index contributed by atoms with van der Waals surface area (Å²) in [6.45, 7) is 1.59. The number of nitrogens with zero attached hydrogens (tertiary/aromatic N) is 4. The lowest BCUT2D eigenvalue weighted by molar-refractivity contribution is -0.133. The fourth-order valence-electron chi connectivity index (χ4n) is 5.39. The Labute approximate surface area is 207 Å². The summed E-state index contributed by atoms with van der Waals surface area (Å²) in [6.07, 6.45) is 5.62. The minimum atomic E-state index is 0.282. The number of rotatable bonds is 4. The van der Waals surface area contributed by atoms with Crippen LogP contribution < -0.4 is 0 Å². The van der Waals surface area contributed by atoms with Crippen molar-refractivity contribution in [3.63, 3.8) is 0 Å². The maximum Gasteiger partial charge on any atom is 0.222 e. The Morgan fingerprint density at radius 2 is 1.91 bits per heavy atom. The first kappa shape index (κ1) is 20.6. The van der Waals surface area contributed by atoms with Crippen LogP contribution in [0.4, 0.5) is 0 Å². The number of thiophene rings is 1. The van der Waals surface area contributed by atoms with Crippen molar-refractivity contribution in [3.05, 3.63) is 70.7 Å². The number of carbonyl (C=O) groups excluding carboxylic acids is 1. The molecule has 0 unspecified atom stereocenters. The van der Waals surface area contributed by atoms with E-state index in [1.165, 1.54) is 32.0 Å². The van der Waals surface area contributed by atoms with E-state index in [1.54, 1.807) is 0 Å². The molecular weight excluding hydrogens is 454 g/mol. The second-order valence-electron chi connectivity index (χ2n) is 9.56. The highest BCUT2D eigenvalue weighted by Crippen LogP contribution is 2.46. The Morgan fingerprint density at radius 3 is 2.77 bits per heavy atom. The third kappa shape index (κ3) is 3.41. The number of nitrogens with one attached hydrogen (secondary N) is 1. The number of benzene rings is 2. The molecule has 0 atom stereocenters. The maximum absolute atomic E-state index is 12.1. The smallest absolute Gasteiger partial charge is 0.222 e. The summed E-state index contributed by atoms with van der Waals surface area (Å²) in [6, 6.07) is 17.4. The van der Waals surface area contributed by atoms with Crippen molar-refractivity contribution in [2.75, 3.05) is 6.54 Å². The number of hydrogen-bond acceptors (Lipinski definition) is 4. The highest BCUT2D eigenvalue weighted by Gasteiger charge is 2.28. The van der Waals surface area contributed by atoms with Crippen molar-refractivity contribution in [2.45, 2.75) is 32.2 Å². The van der Waals surface area contributed by atoms with Crippen molar-refractivity contribution in [3.8, 4) is 33.0 Å². The molecule has 2 aromatic carbocycles. The number of fused-ring (bicyclic) bond motifs is 4. The van der Waals surface area contributed by atoms with E-state index in [9.17, 15) is 4.79 Å². The average Bonchev–Trinajstić information content (AvgIpc) is 3.63. The number of aryl methyl sites for hydroxylation is 1. The molecule has 7 heteroatoms. The number of aromatic amines is 1. The normalized spacial score (nSPS) is 15.1. The van der Waals surface area contributed by atoms with E-state index >= 15 is 0 Å². The first-order valence-electron chi connectivity index (χ1n) is 12.1. The number of amides is 1. The minimum absolute atomic E-state index is 0.282. The molecule has 1 N–H and O–H groups in total. The van der Waals surface area contributed by atoms with E-state index in [0.29, 0.717) is 13.0 Å². The highest BCUT2D eigenvalue weighted by atomic mass is 32.1. The standard InChI is InChI=1S/C28H25N5OS/c1-32-23-12-19(9-10-20(23)15-29-32)27-22-14-25-21(28(22)31-30-27)13-24(35-25)18-7-5-17(6-8-18)16-33-11-3-2-4-26(33)34/h5-10,12-13,15H,2-4,11,14,16H2,1H3,(H,30,31). The van der Waals surface area contributed by atoms with Crippen LogP contribution in [-0.2, 0) is 24.8 Å². The lowest BCUT2D eigenvalue weighted by Crippen LogP contribution is -2.34. The van der Waals surface area contributed by atoms with Crippen molar-refractivity contribution in [1.29, 1.82) is 0 Å². The quantitative estimate of drug-likeness (QED) is 0.349. The number of carbonyl (C=O) groups is 1. The van der Waals surface area contributed by atoms with Gasteiger partial charge < -0.3 is 4.90 Å². The van der Waals surface area contributed by atoms with Crippen LogP contribution in [0.5, 0.6) is 0 Å². The number of aromatic nitrogens is 4. The van der Waals surface area contributed by atoms with E-state index in [2.05, 4.69) is 58.7 Å². The Morgan fingerprint density at radius 1 is 1.06 bits per heavy atom. The zero-order valence-corrected chi connectivity index (χ0v) is 20.4. The van der Waals surface area contributed by atoms with Gasteiger partial charge in [0.1, 0.15) is 0 Å². The van der Waals surface area contributed by atoms with E-state index in [-0.39, 0.29) is 5.91 Å². The molecule has 174 valence electrons. The SMILES string of the molecule is Cn1ncc2ccc(-c3n[nH]c4c3Cc3sc(-c5ccc(CN6CCCCC6=O)cc5)cc3-4)cc21. The lowest BCUT2D eigenvalue weighted by Gasteiger charge is -2.26. The molecule has 4 heterocycles. The number of likely N-dealkylation sites (tertiary alicyclic amines) is 1. The van der Waals surface area contributed by atoms with Crippen LogP contribution in [0.1, 0.15) is 35.3 Å². The topological polar surface area (TPSA) is 66.8 Å². The van der Waals surface area contributed by atoms with Crippen LogP contribution in [0.2, 0.25) is 0 Å². The summed E-state index contributed by atoms with van der Waals surface area (Å²) in [5.41, 5.74) is 9.37. The minimum Gasteiger partial charge on any atom is -0.338 e. The van der Waals surface area contributed by atoms with Gasteiger partial charge in [0.15, 0.2) is 0 Å².